The van der Waals surface area contributed by atoms with E-state index in [1.807, 2.05) is 0 Å². The summed E-state index contributed by atoms with van der Waals surface area (Å²) in [6.45, 7) is 20.1. The van der Waals surface area contributed by atoms with Crippen molar-refractivity contribution in [1.29, 1.82) is 0 Å². The molecule has 3 nitrogen and oxygen atoms in total. The Balaban J connectivity index is 2.20. The Morgan fingerprint density at radius 3 is 2.06 bits per heavy atom. The molecular formula is C15H33N3. The van der Waals surface area contributed by atoms with E-state index in [0.29, 0.717) is 5.54 Å². The highest BCUT2D eigenvalue weighted by Crippen LogP contribution is 2.15. The van der Waals surface area contributed by atoms with Gasteiger partial charge in [-0.2, -0.15) is 0 Å². The zero-order valence-electron chi connectivity index (χ0n) is 13.4. The molecule has 1 aliphatic rings. The zero-order valence-corrected chi connectivity index (χ0v) is 13.4. The SMILES string of the molecule is CC(C)CN(C)CCN1CCN(C(C)(C)C)CC1. The fourth-order valence-electron chi connectivity index (χ4n) is 2.67. The van der Waals surface area contributed by atoms with Gasteiger partial charge < -0.3 is 4.90 Å². The Bertz CT molecular complexity index is 224. The topological polar surface area (TPSA) is 9.72 Å². The quantitative estimate of drug-likeness (QED) is 0.744. The monoisotopic (exact) mass is 255 g/mol. The van der Waals surface area contributed by atoms with E-state index in [2.05, 4.69) is 56.4 Å². The van der Waals surface area contributed by atoms with Crippen LogP contribution in [0.25, 0.3) is 0 Å². The summed E-state index contributed by atoms with van der Waals surface area (Å²) in [5.74, 6) is 0.771. The maximum absolute atomic E-state index is 2.61. The summed E-state index contributed by atoms with van der Waals surface area (Å²) in [6, 6.07) is 0. The third kappa shape index (κ3) is 5.68. The van der Waals surface area contributed by atoms with Gasteiger partial charge in [-0.3, -0.25) is 9.80 Å². The van der Waals surface area contributed by atoms with Gasteiger partial charge in [0.1, 0.15) is 0 Å². The average molecular weight is 255 g/mol. The van der Waals surface area contributed by atoms with Crippen LogP contribution in [0.2, 0.25) is 0 Å². The molecule has 0 aliphatic carbocycles. The summed E-state index contributed by atoms with van der Waals surface area (Å²) in [7, 11) is 2.24. The van der Waals surface area contributed by atoms with Gasteiger partial charge in [-0.1, -0.05) is 13.8 Å². The highest BCUT2D eigenvalue weighted by Gasteiger charge is 2.25. The van der Waals surface area contributed by atoms with E-state index in [9.17, 15) is 0 Å². The van der Waals surface area contributed by atoms with Crippen LogP contribution in [-0.2, 0) is 0 Å². The van der Waals surface area contributed by atoms with Gasteiger partial charge >= 0.3 is 0 Å². The number of nitrogens with zero attached hydrogens (tertiary/aromatic N) is 3. The number of likely N-dealkylation sites (N-methyl/N-ethyl adjacent to an activating group) is 1. The molecule has 0 aromatic rings. The Morgan fingerprint density at radius 1 is 1.06 bits per heavy atom. The minimum atomic E-state index is 0.334. The maximum atomic E-state index is 2.61. The smallest absolute Gasteiger partial charge is 0.0126 e. The fourth-order valence-corrected chi connectivity index (χ4v) is 2.67. The summed E-state index contributed by atoms with van der Waals surface area (Å²) < 4.78 is 0. The van der Waals surface area contributed by atoms with Crippen LogP contribution in [0.1, 0.15) is 34.6 Å². The van der Waals surface area contributed by atoms with Crippen LogP contribution in [0.5, 0.6) is 0 Å². The van der Waals surface area contributed by atoms with Crippen molar-refractivity contribution in [2.75, 3.05) is 52.9 Å². The van der Waals surface area contributed by atoms with Crippen LogP contribution in [0, 0.1) is 5.92 Å². The van der Waals surface area contributed by atoms with E-state index in [1.54, 1.807) is 0 Å². The van der Waals surface area contributed by atoms with Crippen molar-refractivity contribution < 1.29 is 0 Å². The molecule has 0 bridgehead atoms. The number of rotatable bonds is 5. The van der Waals surface area contributed by atoms with Crippen LogP contribution >= 0.6 is 0 Å². The lowest BCUT2D eigenvalue weighted by molar-refractivity contribution is 0.0582. The van der Waals surface area contributed by atoms with Crippen LogP contribution in [0.15, 0.2) is 0 Å². The van der Waals surface area contributed by atoms with Crippen molar-refractivity contribution in [1.82, 2.24) is 14.7 Å². The lowest BCUT2D eigenvalue weighted by atomic mass is 10.1. The van der Waals surface area contributed by atoms with Crippen molar-refractivity contribution >= 4 is 0 Å². The van der Waals surface area contributed by atoms with Crippen LogP contribution in [0.3, 0.4) is 0 Å². The molecule has 1 rings (SSSR count). The number of hydrogen-bond acceptors (Lipinski definition) is 3. The van der Waals surface area contributed by atoms with Crippen molar-refractivity contribution in [3.63, 3.8) is 0 Å². The van der Waals surface area contributed by atoms with Gasteiger partial charge in [0, 0.05) is 51.4 Å². The molecule has 18 heavy (non-hydrogen) atoms. The average Bonchev–Trinajstić information content (AvgIpc) is 2.25. The first-order valence-electron chi connectivity index (χ1n) is 7.45. The van der Waals surface area contributed by atoms with Gasteiger partial charge in [0.25, 0.3) is 0 Å². The summed E-state index contributed by atoms with van der Waals surface area (Å²) in [4.78, 5) is 7.67. The van der Waals surface area contributed by atoms with Gasteiger partial charge in [0.05, 0.1) is 0 Å². The standard InChI is InChI=1S/C15H33N3/c1-14(2)13-16(6)7-8-17-9-11-18(12-10-17)15(3,4)5/h14H,7-13H2,1-6H3. The first kappa shape index (κ1) is 15.9. The molecule has 108 valence electrons. The zero-order chi connectivity index (χ0) is 13.8. The minimum Gasteiger partial charge on any atom is -0.305 e. The maximum Gasteiger partial charge on any atom is 0.0126 e. The lowest BCUT2D eigenvalue weighted by Crippen LogP contribution is -2.54. The summed E-state index contributed by atoms with van der Waals surface area (Å²) in [5.41, 5.74) is 0.334. The molecule has 0 atom stereocenters. The largest absolute Gasteiger partial charge is 0.305 e. The van der Waals surface area contributed by atoms with E-state index >= 15 is 0 Å². The number of piperazine rings is 1. The van der Waals surface area contributed by atoms with Crippen molar-refractivity contribution in [2.24, 2.45) is 5.92 Å². The predicted molar refractivity (Wildman–Crippen MR) is 80.1 cm³/mol. The van der Waals surface area contributed by atoms with Crippen molar-refractivity contribution in [3.8, 4) is 0 Å². The third-order valence-corrected chi connectivity index (χ3v) is 3.80. The molecule has 0 amide bonds. The first-order chi connectivity index (χ1) is 8.29. The van der Waals surface area contributed by atoms with E-state index in [-0.39, 0.29) is 0 Å². The molecule has 1 saturated heterocycles. The first-order valence-corrected chi connectivity index (χ1v) is 7.45. The molecule has 0 radical (unpaired) electrons. The van der Waals surface area contributed by atoms with Crippen LogP contribution in [0.4, 0.5) is 0 Å². The second-order valence-corrected chi connectivity index (χ2v) is 7.16. The molecule has 0 spiro atoms. The van der Waals surface area contributed by atoms with Crippen molar-refractivity contribution in [3.05, 3.63) is 0 Å². The second-order valence-electron chi connectivity index (χ2n) is 7.16. The molecule has 0 aromatic carbocycles. The summed E-state index contributed by atoms with van der Waals surface area (Å²) in [5, 5.41) is 0. The Kier molecular flexibility index (Phi) is 6.09. The molecule has 1 heterocycles. The normalized spacial score (nSPS) is 20.0. The van der Waals surface area contributed by atoms with Gasteiger partial charge in [0.2, 0.25) is 0 Å². The third-order valence-electron chi connectivity index (χ3n) is 3.80. The lowest BCUT2D eigenvalue weighted by Gasteiger charge is -2.42. The second kappa shape index (κ2) is 6.88. The van der Waals surface area contributed by atoms with Gasteiger partial charge in [0.15, 0.2) is 0 Å². The van der Waals surface area contributed by atoms with E-state index in [0.717, 1.165) is 5.92 Å². The Labute approximate surface area is 114 Å². The Hall–Kier alpha value is -0.120. The molecule has 0 unspecified atom stereocenters. The van der Waals surface area contributed by atoms with Gasteiger partial charge in [-0.05, 0) is 33.7 Å². The molecule has 1 fully saturated rings. The molecule has 0 N–H and O–H groups in total. The minimum absolute atomic E-state index is 0.334. The summed E-state index contributed by atoms with van der Waals surface area (Å²) in [6.07, 6.45) is 0. The predicted octanol–water partition coefficient (Wildman–Crippen LogP) is 1.99. The van der Waals surface area contributed by atoms with E-state index in [4.69, 9.17) is 0 Å². The highest BCUT2D eigenvalue weighted by molar-refractivity contribution is 4.82. The number of hydrogen-bond donors (Lipinski definition) is 0. The van der Waals surface area contributed by atoms with Gasteiger partial charge in [-0.25, -0.2) is 0 Å². The molecular weight excluding hydrogens is 222 g/mol. The van der Waals surface area contributed by atoms with Crippen molar-refractivity contribution in [2.45, 2.75) is 40.2 Å². The fraction of sp³-hybridized carbons (Fsp3) is 1.00. The van der Waals surface area contributed by atoms with Crippen LogP contribution in [-0.4, -0.2) is 73.1 Å². The molecule has 1 aliphatic heterocycles. The highest BCUT2D eigenvalue weighted by atomic mass is 15.3. The van der Waals surface area contributed by atoms with Gasteiger partial charge in [-0.15, -0.1) is 0 Å². The molecule has 0 aromatic heterocycles. The molecule has 0 saturated carbocycles. The summed E-state index contributed by atoms with van der Waals surface area (Å²) >= 11 is 0. The molecule has 3 heteroatoms. The van der Waals surface area contributed by atoms with E-state index < -0.39 is 0 Å². The Morgan fingerprint density at radius 2 is 1.61 bits per heavy atom. The van der Waals surface area contributed by atoms with Crippen LogP contribution < -0.4 is 0 Å². The van der Waals surface area contributed by atoms with E-state index in [1.165, 1.54) is 45.8 Å².